The molecule has 10 unspecified atom stereocenters. The molecule has 4 heteroatoms. The highest BCUT2D eigenvalue weighted by Crippen LogP contribution is 2.68. The molecule has 4 nitrogen and oxygen atoms in total. The first-order valence-electron chi connectivity index (χ1n) is 10.4. The zero-order valence-electron chi connectivity index (χ0n) is 16.0. The van der Waals surface area contributed by atoms with E-state index in [9.17, 15) is 20.4 Å². The fourth-order valence-corrected chi connectivity index (χ4v) is 8.09. The summed E-state index contributed by atoms with van der Waals surface area (Å²) in [5.41, 5.74) is -1.38. The van der Waals surface area contributed by atoms with E-state index in [-0.39, 0.29) is 17.4 Å². The van der Waals surface area contributed by atoms with Gasteiger partial charge in [0, 0.05) is 5.41 Å². The molecule has 0 amide bonds. The number of hydrogen-bond acceptors (Lipinski definition) is 4. The number of aliphatic hydroxyl groups excluding tert-OH is 3. The minimum absolute atomic E-state index is 0.106. The van der Waals surface area contributed by atoms with Crippen molar-refractivity contribution in [3.63, 3.8) is 0 Å². The minimum Gasteiger partial charge on any atom is -0.393 e. The van der Waals surface area contributed by atoms with Crippen molar-refractivity contribution in [2.24, 2.45) is 34.5 Å². The normalized spacial score (nSPS) is 59.6. The maximum atomic E-state index is 11.3. The molecule has 144 valence electrons. The monoisotopic (exact) mass is 352 g/mol. The van der Waals surface area contributed by atoms with E-state index < -0.39 is 23.2 Å². The Bertz CT molecular complexity index is 536. The molecule has 0 aromatic carbocycles. The van der Waals surface area contributed by atoms with Crippen molar-refractivity contribution >= 4 is 0 Å². The quantitative estimate of drug-likeness (QED) is 0.584. The molecule has 0 aromatic heterocycles. The molecular formula is C21H36O4. The fraction of sp³-hybridized carbons (Fsp3) is 1.00. The van der Waals surface area contributed by atoms with Crippen LogP contribution in [0.15, 0.2) is 0 Å². The smallest absolute Gasteiger partial charge is 0.0959 e. The third kappa shape index (κ3) is 2.27. The van der Waals surface area contributed by atoms with E-state index in [1.807, 2.05) is 0 Å². The molecule has 0 heterocycles. The first-order chi connectivity index (χ1) is 11.6. The van der Waals surface area contributed by atoms with Gasteiger partial charge in [0.2, 0.25) is 0 Å². The van der Waals surface area contributed by atoms with Crippen LogP contribution in [-0.4, -0.2) is 44.3 Å². The van der Waals surface area contributed by atoms with Gasteiger partial charge in [-0.3, -0.25) is 0 Å². The van der Waals surface area contributed by atoms with Crippen LogP contribution in [0.1, 0.15) is 72.1 Å². The lowest BCUT2D eigenvalue weighted by Crippen LogP contribution is -2.63. The van der Waals surface area contributed by atoms with Gasteiger partial charge in [-0.15, -0.1) is 0 Å². The van der Waals surface area contributed by atoms with Gasteiger partial charge in [0.1, 0.15) is 0 Å². The third-order valence-corrected chi connectivity index (χ3v) is 9.48. The standard InChI is InChI=1S/C21H36O4/c1-12(22)21(25)9-7-16-15-5-4-13-10-14(23)6-8-19(13,2)18(15)17(24)11-20(16,21)3/h12-18,22-25H,4-11H2,1-3H3. The summed E-state index contributed by atoms with van der Waals surface area (Å²) < 4.78 is 0. The van der Waals surface area contributed by atoms with Crippen LogP contribution in [-0.2, 0) is 0 Å². The van der Waals surface area contributed by atoms with Crippen molar-refractivity contribution in [2.45, 2.75) is 96.1 Å². The Balaban J connectivity index is 1.69. The summed E-state index contributed by atoms with van der Waals surface area (Å²) in [6, 6.07) is 0. The van der Waals surface area contributed by atoms with E-state index in [0.717, 1.165) is 38.5 Å². The highest BCUT2D eigenvalue weighted by atomic mass is 16.3. The van der Waals surface area contributed by atoms with Crippen LogP contribution in [0.5, 0.6) is 0 Å². The maximum absolute atomic E-state index is 11.3. The summed E-state index contributed by atoms with van der Waals surface area (Å²) in [7, 11) is 0. The molecule has 0 saturated heterocycles. The Hall–Kier alpha value is -0.160. The molecule has 0 spiro atoms. The van der Waals surface area contributed by atoms with E-state index in [1.54, 1.807) is 6.92 Å². The van der Waals surface area contributed by atoms with Crippen molar-refractivity contribution < 1.29 is 20.4 Å². The molecule has 10 atom stereocenters. The summed E-state index contributed by atoms with van der Waals surface area (Å²) in [5.74, 6) is 1.59. The largest absolute Gasteiger partial charge is 0.393 e. The molecule has 4 rings (SSSR count). The Morgan fingerprint density at radius 3 is 2.40 bits per heavy atom. The van der Waals surface area contributed by atoms with Crippen molar-refractivity contribution in [1.82, 2.24) is 0 Å². The summed E-state index contributed by atoms with van der Waals surface area (Å²) >= 11 is 0. The predicted octanol–water partition coefficient (Wildman–Crippen LogP) is 2.47. The Labute approximate surface area is 151 Å². The van der Waals surface area contributed by atoms with Crippen molar-refractivity contribution in [1.29, 1.82) is 0 Å². The lowest BCUT2D eigenvalue weighted by molar-refractivity contribution is -0.218. The van der Waals surface area contributed by atoms with Crippen molar-refractivity contribution in [3.05, 3.63) is 0 Å². The number of aliphatic hydroxyl groups is 4. The van der Waals surface area contributed by atoms with Gasteiger partial charge in [0.15, 0.2) is 0 Å². The van der Waals surface area contributed by atoms with Crippen molar-refractivity contribution in [2.75, 3.05) is 0 Å². The number of rotatable bonds is 1. The Morgan fingerprint density at radius 2 is 1.72 bits per heavy atom. The lowest BCUT2D eigenvalue weighted by Gasteiger charge is -2.63. The highest BCUT2D eigenvalue weighted by molar-refractivity contribution is 5.17. The summed E-state index contributed by atoms with van der Waals surface area (Å²) in [4.78, 5) is 0. The SMILES string of the molecule is CC(O)C1(O)CCC2C3CCC4CC(O)CCC4(C)C3C(O)CC21C. The number of hydrogen-bond donors (Lipinski definition) is 4. The average Bonchev–Trinajstić information content (AvgIpc) is 2.80. The van der Waals surface area contributed by atoms with Crippen LogP contribution < -0.4 is 0 Å². The third-order valence-electron chi connectivity index (χ3n) is 9.48. The maximum Gasteiger partial charge on any atom is 0.0959 e. The van der Waals surface area contributed by atoms with Gasteiger partial charge < -0.3 is 20.4 Å². The fourth-order valence-electron chi connectivity index (χ4n) is 8.09. The summed E-state index contributed by atoms with van der Waals surface area (Å²) in [6.45, 7) is 6.16. The second-order valence-corrected chi connectivity index (χ2v) is 10.3. The molecule has 25 heavy (non-hydrogen) atoms. The average molecular weight is 353 g/mol. The zero-order valence-corrected chi connectivity index (χ0v) is 16.0. The first kappa shape index (κ1) is 18.2. The molecule has 4 saturated carbocycles. The second-order valence-electron chi connectivity index (χ2n) is 10.3. The van der Waals surface area contributed by atoms with Gasteiger partial charge in [0.25, 0.3) is 0 Å². The molecule has 4 aliphatic rings. The van der Waals surface area contributed by atoms with E-state index in [4.69, 9.17) is 0 Å². The molecular weight excluding hydrogens is 316 g/mol. The minimum atomic E-state index is -1.08. The Morgan fingerprint density at radius 1 is 1.00 bits per heavy atom. The molecule has 0 aromatic rings. The van der Waals surface area contributed by atoms with Gasteiger partial charge in [-0.25, -0.2) is 0 Å². The van der Waals surface area contributed by atoms with E-state index in [2.05, 4.69) is 13.8 Å². The van der Waals surface area contributed by atoms with Crippen LogP contribution in [0.3, 0.4) is 0 Å². The molecule has 0 bridgehead atoms. The predicted molar refractivity (Wildman–Crippen MR) is 95.8 cm³/mol. The van der Waals surface area contributed by atoms with Crippen LogP contribution in [0, 0.1) is 34.5 Å². The van der Waals surface area contributed by atoms with E-state index >= 15 is 0 Å². The summed E-state index contributed by atoms with van der Waals surface area (Å²) in [5, 5.41) is 42.9. The topological polar surface area (TPSA) is 80.9 Å². The molecule has 0 aliphatic heterocycles. The van der Waals surface area contributed by atoms with Crippen LogP contribution in [0.4, 0.5) is 0 Å². The zero-order chi connectivity index (χ0) is 18.2. The first-order valence-corrected chi connectivity index (χ1v) is 10.4. The van der Waals surface area contributed by atoms with Gasteiger partial charge in [-0.1, -0.05) is 13.8 Å². The number of fused-ring (bicyclic) bond motifs is 5. The molecule has 4 aliphatic carbocycles. The van der Waals surface area contributed by atoms with Gasteiger partial charge >= 0.3 is 0 Å². The lowest BCUT2D eigenvalue weighted by atomic mass is 9.43. The Kier molecular flexibility index (Phi) is 4.13. The second kappa shape index (κ2) is 5.67. The summed E-state index contributed by atoms with van der Waals surface area (Å²) in [6.07, 6.45) is 5.77. The van der Waals surface area contributed by atoms with Crippen molar-refractivity contribution in [3.8, 4) is 0 Å². The molecule has 4 fully saturated rings. The van der Waals surface area contributed by atoms with Crippen LogP contribution in [0.2, 0.25) is 0 Å². The van der Waals surface area contributed by atoms with Gasteiger partial charge in [-0.2, -0.15) is 0 Å². The van der Waals surface area contributed by atoms with Crippen LogP contribution >= 0.6 is 0 Å². The van der Waals surface area contributed by atoms with E-state index in [1.165, 1.54) is 0 Å². The van der Waals surface area contributed by atoms with E-state index in [0.29, 0.717) is 30.6 Å². The highest BCUT2D eigenvalue weighted by Gasteiger charge is 2.67. The van der Waals surface area contributed by atoms with Gasteiger partial charge in [-0.05, 0) is 87.4 Å². The molecule has 0 radical (unpaired) electrons. The van der Waals surface area contributed by atoms with Crippen LogP contribution in [0.25, 0.3) is 0 Å². The molecule has 4 N–H and O–H groups in total. The van der Waals surface area contributed by atoms with Gasteiger partial charge in [0.05, 0.1) is 23.9 Å².